The van der Waals surface area contributed by atoms with Gasteiger partial charge in [-0.15, -0.1) is 0 Å². The predicted molar refractivity (Wildman–Crippen MR) is 30.1 cm³/mol. The molecule has 0 bridgehead atoms. The van der Waals surface area contributed by atoms with Crippen LogP contribution in [0.15, 0.2) is 0 Å². The van der Waals surface area contributed by atoms with Crippen LogP contribution in [0, 0.1) is 17.2 Å². The summed E-state index contributed by atoms with van der Waals surface area (Å²) in [5, 5.41) is 8.23. The molecule has 0 aromatic rings. The minimum atomic E-state index is -0.380. The van der Waals surface area contributed by atoms with Crippen molar-refractivity contribution in [1.29, 1.82) is 5.26 Å². The van der Waals surface area contributed by atoms with Gasteiger partial charge in [-0.3, -0.25) is 4.79 Å². The Bertz CT molecular complexity index is 123. The second kappa shape index (κ2) is 3.20. The van der Waals surface area contributed by atoms with E-state index in [0.717, 1.165) is 0 Å². The highest BCUT2D eigenvalue weighted by Gasteiger charge is 2.07. The summed E-state index contributed by atoms with van der Waals surface area (Å²) in [6.45, 7) is 3.27. The minimum Gasteiger partial charge on any atom is -0.299 e. The molecule has 0 saturated carbocycles. The molecule has 0 spiro atoms. The smallest absolute Gasteiger partial charge is 0.146 e. The lowest BCUT2D eigenvalue weighted by Gasteiger charge is -1.95. The molecule has 8 heavy (non-hydrogen) atoms. The summed E-state index contributed by atoms with van der Waals surface area (Å²) in [5.74, 6) is -0.412. The second-order valence-corrected chi connectivity index (χ2v) is 1.70. The van der Waals surface area contributed by atoms with Gasteiger partial charge in [-0.1, -0.05) is 6.92 Å². The average Bonchev–Trinajstić information content (AvgIpc) is 1.69. The number of nitrogens with zero attached hydrogens (tertiary/aromatic N) is 1. The topological polar surface area (TPSA) is 40.9 Å². The van der Waals surface area contributed by atoms with Crippen molar-refractivity contribution in [1.82, 2.24) is 0 Å². The van der Waals surface area contributed by atoms with Crippen molar-refractivity contribution in [2.24, 2.45) is 5.92 Å². The number of hydrogen-bond acceptors (Lipinski definition) is 2. The molecule has 0 aliphatic rings. The monoisotopic (exact) mass is 111 g/mol. The molecule has 0 aliphatic carbocycles. The first kappa shape index (κ1) is 7.16. The maximum Gasteiger partial charge on any atom is 0.146 e. The molecule has 0 aliphatic heterocycles. The van der Waals surface area contributed by atoms with Gasteiger partial charge in [-0.2, -0.15) is 5.26 Å². The normalized spacial score (nSPS) is 12.1. The Labute approximate surface area is 49.1 Å². The fourth-order valence-electron chi connectivity index (χ4n) is 0.470. The van der Waals surface area contributed by atoms with Crippen molar-refractivity contribution < 1.29 is 4.79 Å². The van der Waals surface area contributed by atoms with Crippen LogP contribution in [-0.2, 0) is 4.79 Å². The molecule has 2 nitrogen and oxygen atoms in total. The van der Waals surface area contributed by atoms with Gasteiger partial charge in [0.15, 0.2) is 0 Å². The quantitative estimate of drug-likeness (QED) is 0.535. The van der Waals surface area contributed by atoms with E-state index in [4.69, 9.17) is 5.26 Å². The summed E-state index contributed by atoms with van der Waals surface area (Å²) in [6, 6.07) is 1.90. The van der Waals surface area contributed by atoms with Crippen molar-refractivity contribution in [2.45, 2.75) is 20.3 Å². The predicted octanol–water partition coefficient (Wildman–Crippen LogP) is 1.13. The van der Waals surface area contributed by atoms with Gasteiger partial charge in [-0.25, -0.2) is 0 Å². The molecule has 0 amide bonds. The number of ketones is 1. The van der Waals surface area contributed by atoms with Crippen molar-refractivity contribution in [2.75, 3.05) is 0 Å². The lowest BCUT2D eigenvalue weighted by Crippen LogP contribution is -2.05. The Morgan fingerprint density at radius 3 is 2.38 bits per heavy atom. The molecule has 0 radical (unpaired) electrons. The molecule has 44 valence electrons. The van der Waals surface area contributed by atoms with Crippen LogP contribution in [-0.4, -0.2) is 5.78 Å². The highest BCUT2D eigenvalue weighted by molar-refractivity contribution is 5.80. The largest absolute Gasteiger partial charge is 0.299 e. The minimum absolute atomic E-state index is 0.0324. The Hall–Kier alpha value is -0.840. The van der Waals surface area contributed by atoms with E-state index in [1.807, 2.05) is 13.0 Å². The Morgan fingerprint density at radius 2 is 2.38 bits per heavy atom. The Morgan fingerprint density at radius 1 is 1.88 bits per heavy atom. The average molecular weight is 111 g/mol. The zero-order valence-corrected chi connectivity index (χ0v) is 5.14. The van der Waals surface area contributed by atoms with Crippen molar-refractivity contribution in [3.05, 3.63) is 0 Å². The number of hydrogen-bond donors (Lipinski definition) is 0. The maximum atomic E-state index is 10.4. The van der Waals surface area contributed by atoms with Gasteiger partial charge < -0.3 is 0 Å². The highest BCUT2D eigenvalue weighted by atomic mass is 16.1. The molecule has 0 rings (SSSR count). The third kappa shape index (κ3) is 1.74. The molecule has 0 aromatic carbocycles. The van der Waals surface area contributed by atoms with Crippen molar-refractivity contribution in [3.63, 3.8) is 0 Å². The second-order valence-electron chi connectivity index (χ2n) is 1.70. The first-order chi connectivity index (χ1) is 3.72. The fraction of sp³-hybridized carbons (Fsp3) is 0.667. The van der Waals surface area contributed by atoms with E-state index in [1.54, 1.807) is 0 Å². The fourth-order valence-corrected chi connectivity index (χ4v) is 0.470. The molecule has 2 heteroatoms. The maximum absolute atomic E-state index is 10.4. The van der Waals surface area contributed by atoms with Gasteiger partial charge in [0, 0.05) is 0 Å². The number of carbonyl (C=O) groups excluding carboxylic acids is 1. The molecule has 0 fully saturated rings. The molecular weight excluding hydrogens is 102 g/mol. The number of carbonyl (C=O) groups is 1. The Balaban J connectivity index is 3.76. The van der Waals surface area contributed by atoms with Crippen LogP contribution in [0.5, 0.6) is 0 Å². The molecular formula is C6H9NO. The third-order valence-electron chi connectivity index (χ3n) is 1.05. The molecule has 0 saturated heterocycles. The lowest BCUT2D eigenvalue weighted by molar-refractivity contribution is -0.119. The van der Waals surface area contributed by atoms with E-state index in [9.17, 15) is 4.79 Å². The summed E-state index contributed by atoms with van der Waals surface area (Å²) >= 11 is 0. The number of nitriles is 1. The van der Waals surface area contributed by atoms with Gasteiger partial charge >= 0.3 is 0 Å². The molecule has 0 N–H and O–H groups in total. The first-order valence-corrected chi connectivity index (χ1v) is 2.62. The van der Waals surface area contributed by atoms with Crippen LogP contribution in [0.1, 0.15) is 20.3 Å². The summed E-state index contributed by atoms with van der Waals surface area (Å²) in [7, 11) is 0. The van der Waals surface area contributed by atoms with Crippen molar-refractivity contribution in [3.8, 4) is 6.07 Å². The van der Waals surface area contributed by atoms with Crippen LogP contribution in [0.2, 0.25) is 0 Å². The van der Waals surface area contributed by atoms with E-state index in [0.29, 0.717) is 6.42 Å². The van der Waals surface area contributed by atoms with E-state index < -0.39 is 0 Å². The summed E-state index contributed by atoms with van der Waals surface area (Å²) in [6.07, 6.45) is 0.631. The van der Waals surface area contributed by atoms with E-state index in [2.05, 4.69) is 0 Å². The number of Topliss-reactive ketones (excluding diaryl/α,β-unsaturated/α-hetero) is 1. The summed E-state index contributed by atoms with van der Waals surface area (Å²) < 4.78 is 0. The van der Waals surface area contributed by atoms with Gasteiger partial charge in [0.25, 0.3) is 0 Å². The van der Waals surface area contributed by atoms with E-state index in [-0.39, 0.29) is 11.7 Å². The van der Waals surface area contributed by atoms with E-state index in [1.165, 1.54) is 6.92 Å². The van der Waals surface area contributed by atoms with Crippen LogP contribution in [0.4, 0.5) is 0 Å². The van der Waals surface area contributed by atoms with Crippen LogP contribution < -0.4 is 0 Å². The summed E-state index contributed by atoms with van der Waals surface area (Å²) in [5.41, 5.74) is 0. The van der Waals surface area contributed by atoms with Crippen molar-refractivity contribution >= 4 is 5.78 Å². The van der Waals surface area contributed by atoms with Gasteiger partial charge in [-0.05, 0) is 13.3 Å². The standard InChI is InChI=1S/C6H9NO/c1-3-6(4-7)5(2)8/h6H,3H2,1-2H3. The third-order valence-corrected chi connectivity index (χ3v) is 1.05. The zero-order valence-electron chi connectivity index (χ0n) is 5.14. The first-order valence-electron chi connectivity index (χ1n) is 2.62. The molecule has 1 unspecified atom stereocenters. The number of rotatable bonds is 2. The van der Waals surface area contributed by atoms with Crippen LogP contribution >= 0.6 is 0 Å². The molecule has 0 heterocycles. The van der Waals surface area contributed by atoms with Crippen LogP contribution in [0.25, 0.3) is 0 Å². The van der Waals surface area contributed by atoms with Gasteiger partial charge in [0.2, 0.25) is 0 Å². The molecule has 1 atom stereocenters. The zero-order chi connectivity index (χ0) is 6.57. The Kier molecular flexibility index (Phi) is 2.86. The van der Waals surface area contributed by atoms with Gasteiger partial charge in [0.05, 0.1) is 6.07 Å². The van der Waals surface area contributed by atoms with Gasteiger partial charge in [0.1, 0.15) is 11.7 Å². The lowest BCUT2D eigenvalue weighted by atomic mass is 10.1. The van der Waals surface area contributed by atoms with E-state index >= 15 is 0 Å². The SMILES string of the molecule is CCC(C#N)C(C)=O. The summed E-state index contributed by atoms with van der Waals surface area (Å²) in [4.78, 5) is 10.4. The molecule has 0 aromatic heterocycles. The van der Waals surface area contributed by atoms with Crippen LogP contribution in [0.3, 0.4) is 0 Å². The highest BCUT2D eigenvalue weighted by Crippen LogP contribution is 1.99.